The van der Waals surface area contributed by atoms with Crippen molar-refractivity contribution in [1.82, 2.24) is 4.98 Å². The minimum atomic E-state index is -0.484. The molecule has 0 radical (unpaired) electrons. The minimum Gasteiger partial charge on any atom is -0.310 e. The molecule has 1 heterocycles. The van der Waals surface area contributed by atoms with E-state index < -0.39 is 4.92 Å². The number of nitro benzene ring substituents is 1. The van der Waals surface area contributed by atoms with Gasteiger partial charge < -0.3 is 5.32 Å². The average Bonchev–Trinajstić information content (AvgIpc) is 2.41. The molecule has 1 N–H and O–H groups in total. The second kappa shape index (κ2) is 6.42. The van der Waals surface area contributed by atoms with Gasteiger partial charge in [0.1, 0.15) is 5.82 Å². The van der Waals surface area contributed by atoms with Crippen molar-refractivity contribution in [3.05, 3.63) is 61.8 Å². The number of hydrogen-bond donors (Lipinski definition) is 1. The van der Waals surface area contributed by atoms with Gasteiger partial charge in [-0.15, -0.1) is 0 Å². The van der Waals surface area contributed by atoms with Crippen LogP contribution < -0.4 is 5.32 Å². The summed E-state index contributed by atoms with van der Waals surface area (Å²) in [4.78, 5) is 26.1. The fourth-order valence-electron chi connectivity index (χ4n) is 1.60. The maximum atomic E-state index is 11.8. The normalized spacial score (nSPS) is 10.1. The summed E-state index contributed by atoms with van der Waals surface area (Å²) in [5.41, 5.74) is 0.560. The Morgan fingerprint density at radius 3 is 2.80 bits per heavy atom. The van der Waals surface area contributed by atoms with Crippen molar-refractivity contribution < 1.29 is 9.72 Å². The van der Waals surface area contributed by atoms with Crippen molar-refractivity contribution in [2.45, 2.75) is 6.42 Å². The first-order chi connectivity index (χ1) is 9.54. The number of hydrogen-bond acceptors (Lipinski definition) is 4. The van der Waals surface area contributed by atoms with Gasteiger partial charge in [-0.2, -0.15) is 0 Å². The van der Waals surface area contributed by atoms with Crippen molar-refractivity contribution in [2.75, 3.05) is 5.32 Å². The van der Waals surface area contributed by atoms with E-state index in [1.54, 1.807) is 24.4 Å². The number of aromatic nitrogens is 1. The fraction of sp³-hybridized carbons (Fsp3) is 0.0769. The van der Waals surface area contributed by atoms with Crippen LogP contribution in [0.4, 0.5) is 11.5 Å². The van der Waals surface area contributed by atoms with Crippen molar-refractivity contribution in [3.8, 4) is 0 Å². The highest BCUT2D eigenvalue weighted by Crippen LogP contribution is 2.14. The van der Waals surface area contributed by atoms with Gasteiger partial charge in [0, 0.05) is 21.9 Å². The van der Waals surface area contributed by atoms with E-state index in [1.165, 1.54) is 12.1 Å². The molecule has 2 rings (SSSR count). The first-order valence-electron chi connectivity index (χ1n) is 5.69. The Labute approximate surface area is 128 Å². The number of rotatable bonds is 4. The van der Waals surface area contributed by atoms with Crippen molar-refractivity contribution >= 4 is 40.0 Å². The third-order valence-electron chi connectivity index (χ3n) is 2.48. The average molecular weight is 383 g/mol. The number of nitrogens with zero attached hydrogens (tertiary/aromatic N) is 2. The molecule has 0 atom stereocenters. The van der Waals surface area contributed by atoms with E-state index in [0.717, 1.165) is 3.57 Å². The van der Waals surface area contributed by atoms with E-state index in [1.807, 2.05) is 6.07 Å². The summed E-state index contributed by atoms with van der Waals surface area (Å²) in [6, 6.07) is 9.55. The maximum absolute atomic E-state index is 11.8. The Morgan fingerprint density at radius 1 is 1.35 bits per heavy atom. The molecule has 2 aromatic rings. The molecular weight excluding hydrogens is 373 g/mol. The second-order valence-electron chi connectivity index (χ2n) is 4.01. The Balaban J connectivity index is 2.02. The Hall–Kier alpha value is -2.03. The van der Waals surface area contributed by atoms with Crippen molar-refractivity contribution in [1.29, 1.82) is 0 Å². The van der Waals surface area contributed by atoms with Crippen LogP contribution in [0.15, 0.2) is 42.6 Å². The predicted octanol–water partition coefficient (Wildman–Crippen LogP) is 2.78. The number of carbonyl (C=O) groups excluding carboxylic acids is 1. The van der Waals surface area contributed by atoms with E-state index >= 15 is 0 Å². The van der Waals surface area contributed by atoms with Crippen molar-refractivity contribution in [2.24, 2.45) is 0 Å². The number of anilines is 1. The number of benzene rings is 1. The lowest BCUT2D eigenvalue weighted by Crippen LogP contribution is -2.15. The van der Waals surface area contributed by atoms with Crippen LogP contribution >= 0.6 is 22.6 Å². The van der Waals surface area contributed by atoms with Gasteiger partial charge in [0.15, 0.2) is 0 Å². The van der Waals surface area contributed by atoms with E-state index in [0.29, 0.717) is 11.4 Å². The molecule has 0 saturated carbocycles. The van der Waals surface area contributed by atoms with Gasteiger partial charge in [0.05, 0.1) is 11.3 Å². The molecule has 6 nitrogen and oxygen atoms in total. The summed E-state index contributed by atoms with van der Waals surface area (Å²) in [6.07, 6.45) is 1.71. The molecule has 7 heteroatoms. The van der Waals surface area contributed by atoms with E-state index in [2.05, 4.69) is 32.9 Å². The highest BCUT2D eigenvalue weighted by atomic mass is 127. The Kier molecular flexibility index (Phi) is 4.61. The monoisotopic (exact) mass is 383 g/mol. The number of pyridine rings is 1. The molecule has 102 valence electrons. The zero-order chi connectivity index (χ0) is 14.5. The third kappa shape index (κ3) is 3.98. The molecule has 0 unspecified atom stereocenters. The molecule has 0 bridgehead atoms. The predicted molar refractivity (Wildman–Crippen MR) is 82.4 cm³/mol. The maximum Gasteiger partial charge on any atom is 0.269 e. The summed E-state index contributed by atoms with van der Waals surface area (Å²) in [5, 5.41) is 13.3. The molecule has 0 aliphatic rings. The number of nitrogens with one attached hydrogen (secondary N) is 1. The largest absolute Gasteiger partial charge is 0.310 e. The molecule has 1 aromatic heterocycles. The molecule has 0 aliphatic heterocycles. The zero-order valence-electron chi connectivity index (χ0n) is 10.2. The molecular formula is C13H10IN3O3. The zero-order valence-corrected chi connectivity index (χ0v) is 12.4. The lowest BCUT2D eigenvalue weighted by molar-refractivity contribution is -0.384. The molecule has 1 amide bonds. The smallest absolute Gasteiger partial charge is 0.269 e. The highest BCUT2D eigenvalue weighted by molar-refractivity contribution is 14.1. The second-order valence-corrected chi connectivity index (χ2v) is 5.26. The Bertz CT molecular complexity index is 644. The van der Waals surface area contributed by atoms with E-state index in [4.69, 9.17) is 0 Å². The van der Waals surface area contributed by atoms with Crippen LogP contribution in [-0.2, 0) is 11.2 Å². The summed E-state index contributed by atoms with van der Waals surface area (Å²) in [6.45, 7) is 0. The number of nitro groups is 1. The first kappa shape index (κ1) is 14.4. The minimum absolute atomic E-state index is 0.0253. The topological polar surface area (TPSA) is 85.1 Å². The van der Waals surface area contributed by atoms with E-state index in [9.17, 15) is 14.9 Å². The molecule has 0 spiro atoms. The van der Waals surface area contributed by atoms with Crippen LogP contribution in [0.5, 0.6) is 0 Å². The lowest BCUT2D eigenvalue weighted by Gasteiger charge is -2.04. The van der Waals surface area contributed by atoms with Crippen LogP contribution in [0.2, 0.25) is 0 Å². The van der Waals surface area contributed by atoms with Gasteiger partial charge in [-0.25, -0.2) is 4.98 Å². The van der Waals surface area contributed by atoms with Crippen LogP contribution in [0.3, 0.4) is 0 Å². The summed E-state index contributed by atoms with van der Waals surface area (Å²) in [7, 11) is 0. The number of halogens is 1. The third-order valence-corrected chi connectivity index (χ3v) is 3.12. The number of carbonyl (C=O) groups is 1. The molecule has 1 aromatic carbocycles. The van der Waals surface area contributed by atoms with E-state index in [-0.39, 0.29) is 18.0 Å². The fourth-order valence-corrected chi connectivity index (χ4v) is 1.92. The molecule has 0 fully saturated rings. The van der Waals surface area contributed by atoms with Gasteiger partial charge in [-0.3, -0.25) is 14.9 Å². The van der Waals surface area contributed by atoms with Gasteiger partial charge in [0.2, 0.25) is 5.91 Å². The SMILES string of the molecule is O=C(Cc1cccc([N+](=O)[O-])c1)Nc1ccc(I)cn1. The summed E-state index contributed by atoms with van der Waals surface area (Å²) < 4.78 is 0.972. The molecule has 0 saturated heterocycles. The Morgan fingerprint density at radius 2 is 2.15 bits per heavy atom. The van der Waals surface area contributed by atoms with Crippen LogP contribution in [0, 0.1) is 13.7 Å². The van der Waals surface area contributed by atoms with Gasteiger partial charge in [-0.05, 0) is 40.3 Å². The summed E-state index contributed by atoms with van der Waals surface area (Å²) >= 11 is 2.12. The van der Waals surface area contributed by atoms with Crippen molar-refractivity contribution in [3.63, 3.8) is 0 Å². The van der Waals surface area contributed by atoms with Crippen LogP contribution in [0.1, 0.15) is 5.56 Å². The molecule has 0 aliphatic carbocycles. The number of non-ortho nitro benzene ring substituents is 1. The standard InChI is InChI=1S/C13H10IN3O3/c14-10-4-5-12(15-8-10)16-13(18)7-9-2-1-3-11(6-9)17(19)20/h1-6,8H,7H2,(H,15,16,18). The summed E-state index contributed by atoms with van der Waals surface area (Å²) in [5.74, 6) is 0.194. The molecule has 20 heavy (non-hydrogen) atoms. The lowest BCUT2D eigenvalue weighted by atomic mass is 10.1. The number of amides is 1. The van der Waals surface area contributed by atoms with Crippen LogP contribution in [-0.4, -0.2) is 15.8 Å². The first-order valence-corrected chi connectivity index (χ1v) is 6.77. The quantitative estimate of drug-likeness (QED) is 0.500. The van der Waals surface area contributed by atoms with Gasteiger partial charge >= 0.3 is 0 Å². The van der Waals surface area contributed by atoms with Gasteiger partial charge in [-0.1, -0.05) is 12.1 Å². The van der Waals surface area contributed by atoms with Gasteiger partial charge in [0.25, 0.3) is 5.69 Å². The van der Waals surface area contributed by atoms with Crippen LogP contribution in [0.25, 0.3) is 0 Å². The highest BCUT2D eigenvalue weighted by Gasteiger charge is 2.09.